The fourth-order valence-electron chi connectivity index (χ4n) is 1.78. The zero-order valence-electron chi connectivity index (χ0n) is 9.68. The molecule has 0 aromatic carbocycles. The highest BCUT2D eigenvalue weighted by Gasteiger charge is 2.33. The minimum absolute atomic E-state index is 0.0258. The van der Waals surface area contributed by atoms with Crippen molar-refractivity contribution < 1.29 is 9.53 Å². The van der Waals surface area contributed by atoms with E-state index in [-0.39, 0.29) is 17.9 Å². The highest BCUT2D eigenvalue weighted by Crippen LogP contribution is 2.17. The summed E-state index contributed by atoms with van der Waals surface area (Å²) in [5.41, 5.74) is 0. The minimum Gasteiger partial charge on any atom is -0.379 e. The van der Waals surface area contributed by atoms with Crippen LogP contribution in [0.15, 0.2) is 6.20 Å². The first-order chi connectivity index (χ1) is 8.31. The maximum atomic E-state index is 12.0. The largest absolute Gasteiger partial charge is 0.379 e. The minimum atomic E-state index is -0.136. The van der Waals surface area contributed by atoms with Gasteiger partial charge in [-0.1, -0.05) is 11.4 Å². The van der Waals surface area contributed by atoms with Crippen molar-refractivity contribution in [2.75, 3.05) is 25.1 Å². The molecule has 1 aliphatic rings. The number of nitrogens with zero attached hydrogens (tertiary/aromatic N) is 2. The Bertz CT molecular complexity index is 357. The predicted molar refractivity (Wildman–Crippen MR) is 64.9 cm³/mol. The summed E-state index contributed by atoms with van der Waals surface area (Å²) in [6, 6.07) is 0.107. The lowest BCUT2D eigenvalue weighted by atomic mass is 10.0. The van der Waals surface area contributed by atoms with Crippen LogP contribution < -0.4 is 10.6 Å². The lowest BCUT2D eigenvalue weighted by Gasteiger charge is -2.17. The van der Waals surface area contributed by atoms with E-state index in [0.29, 0.717) is 18.2 Å². The van der Waals surface area contributed by atoms with Gasteiger partial charge in [0.25, 0.3) is 0 Å². The number of ether oxygens (including phenoxy) is 1. The molecule has 94 valence electrons. The number of rotatable bonds is 5. The molecule has 0 bridgehead atoms. The maximum Gasteiger partial charge on any atom is 0.232 e. The molecule has 1 fully saturated rings. The summed E-state index contributed by atoms with van der Waals surface area (Å²) in [5.74, 6) is -0.161. The van der Waals surface area contributed by atoms with Gasteiger partial charge in [-0.15, -0.1) is 5.10 Å². The van der Waals surface area contributed by atoms with Crippen molar-refractivity contribution in [1.29, 1.82) is 0 Å². The predicted octanol–water partition coefficient (Wildman–Crippen LogP) is 0.491. The fraction of sp³-hybridized carbons (Fsp3) is 0.700. The van der Waals surface area contributed by atoms with E-state index in [4.69, 9.17) is 4.74 Å². The number of amides is 1. The number of nitrogens with one attached hydrogen (secondary N) is 2. The van der Waals surface area contributed by atoms with E-state index in [1.807, 2.05) is 0 Å². The van der Waals surface area contributed by atoms with Crippen LogP contribution in [0.4, 0.5) is 5.00 Å². The van der Waals surface area contributed by atoms with E-state index in [1.165, 1.54) is 11.5 Å². The third kappa shape index (κ3) is 3.21. The van der Waals surface area contributed by atoms with Crippen LogP contribution in [0.25, 0.3) is 0 Å². The molecular weight excluding hydrogens is 240 g/mol. The zero-order chi connectivity index (χ0) is 12.1. The maximum absolute atomic E-state index is 12.0. The van der Waals surface area contributed by atoms with Gasteiger partial charge in [0.1, 0.15) is 5.00 Å². The van der Waals surface area contributed by atoms with Gasteiger partial charge in [-0.05, 0) is 13.0 Å². The van der Waals surface area contributed by atoms with E-state index in [0.717, 1.165) is 13.0 Å². The molecule has 2 N–H and O–H groups in total. The lowest BCUT2D eigenvalue weighted by molar-refractivity contribution is -0.120. The first-order valence-electron chi connectivity index (χ1n) is 5.70. The first-order valence-corrected chi connectivity index (χ1v) is 6.48. The molecule has 1 aromatic heterocycles. The highest BCUT2D eigenvalue weighted by molar-refractivity contribution is 7.10. The molecule has 0 saturated carbocycles. The van der Waals surface area contributed by atoms with Gasteiger partial charge in [-0.2, -0.15) is 0 Å². The lowest BCUT2D eigenvalue weighted by Crippen LogP contribution is -2.41. The van der Waals surface area contributed by atoms with Gasteiger partial charge in [-0.3, -0.25) is 4.79 Å². The van der Waals surface area contributed by atoms with E-state index in [1.54, 1.807) is 6.20 Å². The molecule has 2 unspecified atom stereocenters. The Morgan fingerprint density at radius 1 is 1.65 bits per heavy atom. The Labute approximate surface area is 104 Å². The summed E-state index contributed by atoms with van der Waals surface area (Å²) in [6.45, 7) is 4.07. The molecule has 1 aromatic rings. The van der Waals surface area contributed by atoms with E-state index >= 15 is 0 Å². The van der Waals surface area contributed by atoms with Crippen LogP contribution in [0.1, 0.15) is 13.3 Å². The molecule has 2 atom stereocenters. The van der Waals surface area contributed by atoms with Crippen molar-refractivity contribution in [2.45, 2.75) is 19.4 Å². The Kier molecular flexibility index (Phi) is 4.41. The van der Waals surface area contributed by atoms with Gasteiger partial charge in [0.15, 0.2) is 0 Å². The van der Waals surface area contributed by atoms with Crippen LogP contribution in [0.2, 0.25) is 0 Å². The molecule has 7 heteroatoms. The second-order valence-electron chi connectivity index (χ2n) is 3.98. The van der Waals surface area contributed by atoms with Gasteiger partial charge in [0.2, 0.25) is 5.91 Å². The summed E-state index contributed by atoms with van der Waals surface area (Å²) in [5, 5.41) is 10.5. The quantitative estimate of drug-likeness (QED) is 0.802. The molecule has 6 nitrogen and oxygen atoms in total. The summed E-state index contributed by atoms with van der Waals surface area (Å²) >= 11 is 1.17. The van der Waals surface area contributed by atoms with E-state index in [9.17, 15) is 4.79 Å². The average Bonchev–Trinajstić information content (AvgIpc) is 2.96. The standard InChI is InChI=1S/C10H16N4O2S/c1-2-3-11-8-6-16-5-7(8)10(15)13-9-4-12-14-17-9/h4,7-8,11H,2-3,5-6H2,1H3,(H,13,15). The molecule has 0 aliphatic carbocycles. The van der Waals surface area contributed by atoms with Crippen LogP contribution in [0, 0.1) is 5.92 Å². The van der Waals surface area contributed by atoms with Crippen molar-refractivity contribution in [3.8, 4) is 0 Å². The molecular formula is C10H16N4O2S. The Morgan fingerprint density at radius 3 is 3.24 bits per heavy atom. The number of aromatic nitrogens is 2. The molecule has 2 rings (SSSR count). The van der Waals surface area contributed by atoms with Gasteiger partial charge in [0, 0.05) is 17.6 Å². The molecule has 1 amide bonds. The number of carbonyl (C=O) groups is 1. The van der Waals surface area contributed by atoms with Gasteiger partial charge >= 0.3 is 0 Å². The van der Waals surface area contributed by atoms with Crippen LogP contribution >= 0.6 is 11.5 Å². The van der Waals surface area contributed by atoms with Crippen molar-refractivity contribution in [3.05, 3.63) is 6.20 Å². The Hall–Kier alpha value is -1.05. The molecule has 1 saturated heterocycles. The van der Waals surface area contributed by atoms with Crippen LogP contribution in [-0.4, -0.2) is 41.3 Å². The summed E-state index contributed by atoms with van der Waals surface area (Å²) in [4.78, 5) is 12.0. The topological polar surface area (TPSA) is 76.1 Å². The van der Waals surface area contributed by atoms with E-state index in [2.05, 4.69) is 27.1 Å². The Balaban J connectivity index is 1.89. The molecule has 2 heterocycles. The van der Waals surface area contributed by atoms with Crippen molar-refractivity contribution in [3.63, 3.8) is 0 Å². The second-order valence-corrected chi connectivity index (χ2v) is 4.76. The molecule has 0 radical (unpaired) electrons. The van der Waals surface area contributed by atoms with E-state index < -0.39 is 0 Å². The van der Waals surface area contributed by atoms with Gasteiger partial charge in [-0.25, -0.2) is 0 Å². The number of carbonyl (C=O) groups excluding carboxylic acids is 1. The number of anilines is 1. The third-order valence-corrected chi connectivity index (χ3v) is 3.26. The number of hydrogen-bond donors (Lipinski definition) is 2. The van der Waals surface area contributed by atoms with Gasteiger partial charge in [0.05, 0.1) is 25.3 Å². The summed E-state index contributed by atoms with van der Waals surface area (Å²) in [7, 11) is 0. The van der Waals surface area contributed by atoms with Crippen molar-refractivity contribution in [2.24, 2.45) is 5.92 Å². The van der Waals surface area contributed by atoms with Crippen LogP contribution in [0.5, 0.6) is 0 Å². The fourth-order valence-corrected chi connectivity index (χ4v) is 2.20. The summed E-state index contributed by atoms with van der Waals surface area (Å²) < 4.78 is 9.06. The third-order valence-electron chi connectivity index (χ3n) is 2.68. The monoisotopic (exact) mass is 256 g/mol. The molecule has 17 heavy (non-hydrogen) atoms. The number of hydrogen-bond acceptors (Lipinski definition) is 6. The van der Waals surface area contributed by atoms with Crippen molar-refractivity contribution >= 4 is 22.4 Å². The first kappa shape index (κ1) is 12.4. The molecule has 0 spiro atoms. The molecule has 1 aliphatic heterocycles. The highest BCUT2D eigenvalue weighted by atomic mass is 32.1. The zero-order valence-corrected chi connectivity index (χ0v) is 10.5. The summed E-state index contributed by atoms with van der Waals surface area (Å²) in [6.07, 6.45) is 2.59. The van der Waals surface area contributed by atoms with Gasteiger partial charge < -0.3 is 15.4 Å². The Morgan fingerprint density at radius 2 is 2.53 bits per heavy atom. The average molecular weight is 256 g/mol. The van der Waals surface area contributed by atoms with Crippen LogP contribution in [0.3, 0.4) is 0 Å². The second kappa shape index (κ2) is 6.04. The normalized spacial score (nSPS) is 23.8. The SMILES string of the molecule is CCCNC1COCC1C(=O)Nc1cnns1. The van der Waals surface area contributed by atoms with Crippen molar-refractivity contribution in [1.82, 2.24) is 14.9 Å². The smallest absolute Gasteiger partial charge is 0.232 e. The van der Waals surface area contributed by atoms with Crippen LogP contribution in [-0.2, 0) is 9.53 Å².